The van der Waals surface area contributed by atoms with Gasteiger partial charge in [-0.05, 0) is 60.9 Å². The zero-order valence-corrected chi connectivity index (χ0v) is 24.3. The first-order valence-electron chi connectivity index (χ1n) is 11.9. The number of nitrogens with zero attached hydrogens (tertiary/aromatic N) is 2. The minimum Gasteiger partial charge on any atom is -0.334 e. The fourth-order valence-electron chi connectivity index (χ4n) is 4.35. The highest BCUT2D eigenvalue weighted by atomic mass is 35.5. The highest BCUT2D eigenvalue weighted by Gasteiger charge is 2.52. The number of anilines is 1. The number of benzene rings is 3. The van der Waals surface area contributed by atoms with Crippen LogP contribution in [0.2, 0.25) is 20.1 Å². The van der Waals surface area contributed by atoms with Gasteiger partial charge in [0.2, 0.25) is 5.91 Å². The van der Waals surface area contributed by atoms with Crippen molar-refractivity contribution in [3.05, 3.63) is 91.6 Å². The molecule has 4 aromatic rings. The van der Waals surface area contributed by atoms with Crippen molar-refractivity contribution >= 4 is 67.8 Å². The van der Waals surface area contributed by atoms with Crippen molar-refractivity contribution in [1.82, 2.24) is 10.1 Å². The van der Waals surface area contributed by atoms with Crippen LogP contribution in [0.25, 0.3) is 11.5 Å². The average molecular weight is 625 g/mol. The monoisotopic (exact) mass is 623 g/mol. The first-order chi connectivity index (χ1) is 18.5. The minimum absolute atomic E-state index is 0.0107. The van der Waals surface area contributed by atoms with Gasteiger partial charge in [-0.25, -0.2) is 8.42 Å². The SMILES string of the molecule is CCS(=O)(=O)c1ccc(CC(=O)Nc2cc(Cl)c(C3(c4noc(-c5ccc(Cl)c(Cl)c5)n4)CC3)c(Cl)c2)cc1. The van der Waals surface area contributed by atoms with Crippen molar-refractivity contribution in [1.29, 1.82) is 0 Å². The number of hydrogen-bond acceptors (Lipinski definition) is 6. The summed E-state index contributed by atoms with van der Waals surface area (Å²) in [5, 5.41) is 8.53. The van der Waals surface area contributed by atoms with Gasteiger partial charge >= 0.3 is 0 Å². The van der Waals surface area contributed by atoms with Gasteiger partial charge in [0, 0.05) is 26.9 Å². The van der Waals surface area contributed by atoms with Gasteiger partial charge < -0.3 is 9.84 Å². The number of carbonyl (C=O) groups is 1. The fourth-order valence-corrected chi connectivity index (χ4v) is 6.38. The van der Waals surface area contributed by atoms with E-state index in [2.05, 4.69) is 15.5 Å². The molecule has 12 heteroatoms. The van der Waals surface area contributed by atoms with Gasteiger partial charge in [-0.15, -0.1) is 0 Å². The van der Waals surface area contributed by atoms with Crippen LogP contribution in [0, 0.1) is 0 Å². The van der Waals surface area contributed by atoms with Crippen molar-refractivity contribution in [2.45, 2.75) is 36.5 Å². The van der Waals surface area contributed by atoms with Gasteiger partial charge in [-0.1, -0.05) is 70.6 Å². The molecule has 1 aliphatic rings. The summed E-state index contributed by atoms with van der Waals surface area (Å²) in [5.41, 5.74) is 1.80. The molecular weight excluding hydrogens is 604 g/mol. The molecule has 0 bridgehead atoms. The number of carbonyl (C=O) groups excluding carboxylic acids is 1. The third-order valence-electron chi connectivity index (χ3n) is 6.60. The maximum absolute atomic E-state index is 12.7. The van der Waals surface area contributed by atoms with Crippen LogP contribution in [0.1, 0.15) is 36.7 Å². The standard InChI is InChI=1S/C27H21Cl4N3O4S/c1-2-39(36,37)18-6-3-15(4-7-18)11-23(35)32-17-13-21(30)24(22(31)14-17)27(9-10-27)26-33-25(38-34-26)16-5-8-19(28)20(29)12-16/h3-8,12-14H,2,9-11H2,1H3,(H,32,35). The Morgan fingerprint density at radius 3 is 2.21 bits per heavy atom. The molecule has 39 heavy (non-hydrogen) atoms. The Balaban J connectivity index is 1.33. The lowest BCUT2D eigenvalue weighted by molar-refractivity contribution is -0.115. The van der Waals surface area contributed by atoms with E-state index in [1.165, 1.54) is 12.1 Å². The third-order valence-corrected chi connectivity index (χ3v) is 9.69. The molecule has 1 saturated carbocycles. The Morgan fingerprint density at radius 1 is 0.949 bits per heavy atom. The smallest absolute Gasteiger partial charge is 0.258 e. The largest absolute Gasteiger partial charge is 0.334 e. The summed E-state index contributed by atoms with van der Waals surface area (Å²) in [4.78, 5) is 17.5. The maximum atomic E-state index is 12.7. The Labute approximate surface area is 245 Å². The quantitative estimate of drug-likeness (QED) is 0.219. The van der Waals surface area contributed by atoms with E-state index in [1.54, 1.807) is 49.4 Å². The van der Waals surface area contributed by atoms with Crippen molar-refractivity contribution in [2.24, 2.45) is 0 Å². The Morgan fingerprint density at radius 2 is 1.62 bits per heavy atom. The van der Waals surface area contributed by atoms with E-state index in [-0.39, 0.29) is 23.0 Å². The fraction of sp³-hybridized carbons (Fsp3) is 0.222. The van der Waals surface area contributed by atoms with E-state index >= 15 is 0 Å². The van der Waals surface area contributed by atoms with Crippen molar-refractivity contribution in [3.8, 4) is 11.5 Å². The number of sulfone groups is 1. The summed E-state index contributed by atoms with van der Waals surface area (Å²) in [5.74, 6) is 0.465. The second kappa shape index (κ2) is 10.7. The summed E-state index contributed by atoms with van der Waals surface area (Å²) in [7, 11) is -3.30. The summed E-state index contributed by atoms with van der Waals surface area (Å²) < 4.78 is 29.5. The molecule has 0 spiro atoms. The van der Waals surface area contributed by atoms with Crippen molar-refractivity contribution in [2.75, 3.05) is 11.1 Å². The van der Waals surface area contributed by atoms with Gasteiger partial charge in [0.25, 0.3) is 5.89 Å². The predicted molar refractivity (Wildman–Crippen MR) is 153 cm³/mol. The molecule has 1 fully saturated rings. The molecule has 7 nitrogen and oxygen atoms in total. The molecule has 0 aliphatic heterocycles. The molecule has 5 rings (SSSR count). The zero-order chi connectivity index (χ0) is 27.9. The van der Waals surface area contributed by atoms with Gasteiger partial charge in [0.1, 0.15) is 0 Å². The number of aromatic nitrogens is 2. The molecule has 3 aromatic carbocycles. The lowest BCUT2D eigenvalue weighted by atomic mass is 9.94. The molecule has 0 radical (unpaired) electrons. The van der Waals surface area contributed by atoms with Gasteiger partial charge in [-0.2, -0.15) is 4.98 Å². The highest BCUT2D eigenvalue weighted by Crippen LogP contribution is 2.57. The van der Waals surface area contributed by atoms with E-state index in [0.717, 1.165) is 12.8 Å². The van der Waals surface area contributed by atoms with Crippen molar-refractivity contribution < 1.29 is 17.7 Å². The molecule has 202 valence electrons. The topological polar surface area (TPSA) is 102 Å². The van der Waals surface area contributed by atoms with Gasteiger partial charge in [-0.3, -0.25) is 4.79 Å². The summed E-state index contributed by atoms with van der Waals surface area (Å²) >= 11 is 25.5. The van der Waals surface area contributed by atoms with Crippen LogP contribution in [0.4, 0.5) is 5.69 Å². The van der Waals surface area contributed by atoms with E-state index in [9.17, 15) is 13.2 Å². The summed E-state index contributed by atoms with van der Waals surface area (Å²) in [6, 6.07) is 14.6. The molecule has 1 aromatic heterocycles. The minimum atomic E-state index is -3.30. The second-order valence-electron chi connectivity index (χ2n) is 9.22. The average Bonchev–Trinajstić information content (AvgIpc) is 3.51. The highest BCUT2D eigenvalue weighted by molar-refractivity contribution is 7.91. The van der Waals surface area contributed by atoms with Crippen LogP contribution in [-0.4, -0.2) is 30.2 Å². The van der Waals surface area contributed by atoms with Crippen molar-refractivity contribution in [3.63, 3.8) is 0 Å². The molecule has 1 heterocycles. The zero-order valence-electron chi connectivity index (χ0n) is 20.5. The van der Waals surface area contributed by atoms with Crippen LogP contribution < -0.4 is 5.32 Å². The summed E-state index contributed by atoms with van der Waals surface area (Å²) in [6.07, 6.45) is 1.50. The molecular formula is C27H21Cl4N3O4S. The third kappa shape index (κ3) is 5.67. The molecule has 1 N–H and O–H groups in total. The first kappa shape index (κ1) is 27.9. The molecule has 0 atom stereocenters. The summed E-state index contributed by atoms with van der Waals surface area (Å²) in [6.45, 7) is 1.58. The molecule has 1 aliphatic carbocycles. The first-order valence-corrected chi connectivity index (χ1v) is 15.1. The number of hydrogen-bond donors (Lipinski definition) is 1. The molecule has 0 saturated heterocycles. The van der Waals surface area contributed by atoms with E-state index < -0.39 is 15.3 Å². The number of nitrogens with one attached hydrogen (secondary N) is 1. The number of amides is 1. The maximum Gasteiger partial charge on any atom is 0.258 e. The molecule has 0 unspecified atom stereocenters. The van der Waals surface area contributed by atoms with Crippen LogP contribution >= 0.6 is 46.4 Å². The molecule has 1 amide bonds. The number of halogens is 4. The number of rotatable bonds is 8. The van der Waals surface area contributed by atoms with E-state index in [1.807, 2.05) is 0 Å². The normalized spacial score (nSPS) is 14.3. The predicted octanol–water partition coefficient (Wildman–Crippen LogP) is 7.40. The lowest BCUT2D eigenvalue weighted by Gasteiger charge is -2.17. The van der Waals surface area contributed by atoms with Gasteiger partial charge in [0.05, 0.1) is 32.5 Å². The lowest BCUT2D eigenvalue weighted by Crippen LogP contribution is -2.16. The Hall–Kier alpha value is -2.62. The van der Waals surface area contributed by atoms with E-state index in [0.29, 0.717) is 54.2 Å². The van der Waals surface area contributed by atoms with E-state index in [4.69, 9.17) is 50.9 Å². The second-order valence-corrected chi connectivity index (χ2v) is 13.1. The van der Waals surface area contributed by atoms with Crippen LogP contribution in [0.3, 0.4) is 0 Å². The Kier molecular flexibility index (Phi) is 7.70. The van der Waals surface area contributed by atoms with Crippen LogP contribution in [0.5, 0.6) is 0 Å². The van der Waals surface area contributed by atoms with Crippen LogP contribution in [0.15, 0.2) is 64.0 Å². The van der Waals surface area contributed by atoms with Crippen LogP contribution in [-0.2, 0) is 26.5 Å². The Bertz CT molecular complexity index is 1660. The van der Waals surface area contributed by atoms with Gasteiger partial charge in [0.15, 0.2) is 15.7 Å².